The van der Waals surface area contributed by atoms with Crippen LogP contribution in [0, 0.1) is 17.7 Å². The minimum absolute atomic E-state index is 0.216. The Kier molecular flexibility index (Phi) is 5.80. The standard InChI is InChI=1S/C28H30FN3O3/c29-21-5-7-22(8-6-21)32-26-14-20-16-30-31-25(20)15-23(26)24(27(32)18-9-11-35-12-10-18)13-17-1-3-19(4-2-17)28(33)34/h5-8,14-19H,1-4,9-13H2,(H,30,31)(H,33,34)/t17-,19-. The smallest absolute Gasteiger partial charge is 0.306 e. The van der Waals surface area contributed by atoms with Crippen molar-refractivity contribution in [1.29, 1.82) is 0 Å². The van der Waals surface area contributed by atoms with Gasteiger partial charge in [-0.15, -0.1) is 0 Å². The molecule has 35 heavy (non-hydrogen) atoms. The van der Waals surface area contributed by atoms with E-state index in [1.54, 1.807) is 0 Å². The van der Waals surface area contributed by atoms with Gasteiger partial charge in [0.15, 0.2) is 0 Å². The first kappa shape index (κ1) is 22.3. The van der Waals surface area contributed by atoms with Crippen molar-refractivity contribution < 1.29 is 19.0 Å². The summed E-state index contributed by atoms with van der Waals surface area (Å²) in [6.07, 6.45) is 8.02. The number of carboxylic acid groups (broad SMARTS) is 1. The van der Waals surface area contributed by atoms with Gasteiger partial charge in [-0.3, -0.25) is 9.89 Å². The molecule has 2 N–H and O–H groups in total. The number of H-pyrrole nitrogens is 1. The lowest BCUT2D eigenvalue weighted by Gasteiger charge is -2.29. The largest absolute Gasteiger partial charge is 0.481 e. The number of carbonyl (C=O) groups is 1. The fourth-order valence-electron chi connectivity index (χ4n) is 6.19. The van der Waals surface area contributed by atoms with E-state index in [0.717, 1.165) is 80.3 Å². The van der Waals surface area contributed by atoms with Crippen LogP contribution in [0.3, 0.4) is 0 Å². The van der Waals surface area contributed by atoms with Crippen molar-refractivity contribution in [2.45, 2.75) is 50.9 Å². The van der Waals surface area contributed by atoms with E-state index in [9.17, 15) is 14.3 Å². The Hall–Kier alpha value is -3.19. The summed E-state index contributed by atoms with van der Waals surface area (Å²) in [7, 11) is 0. The number of hydrogen-bond acceptors (Lipinski definition) is 3. The summed E-state index contributed by atoms with van der Waals surface area (Å²) in [5.41, 5.74) is 5.72. The van der Waals surface area contributed by atoms with E-state index in [2.05, 4.69) is 26.9 Å². The molecule has 2 aromatic carbocycles. The number of aromatic nitrogens is 3. The maximum absolute atomic E-state index is 13.9. The Morgan fingerprint density at radius 1 is 1.09 bits per heavy atom. The van der Waals surface area contributed by atoms with Gasteiger partial charge in [-0.2, -0.15) is 5.10 Å². The number of benzene rings is 2. The molecule has 2 fully saturated rings. The molecule has 0 spiro atoms. The predicted octanol–water partition coefficient (Wildman–Crippen LogP) is 5.97. The molecule has 1 aliphatic carbocycles. The van der Waals surface area contributed by atoms with Gasteiger partial charge in [0.05, 0.1) is 23.1 Å². The third-order valence-electron chi connectivity index (χ3n) is 8.05. The number of aliphatic carboxylic acids is 1. The van der Waals surface area contributed by atoms with Crippen LogP contribution in [0.4, 0.5) is 4.39 Å². The second kappa shape index (κ2) is 9.11. The number of nitrogens with zero attached hydrogens (tertiary/aromatic N) is 2. The van der Waals surface area contributed by atoms with Gasteiger partial charge in [-0.25, -0.2) is 4.39 Å². The molecule has 2 aromatic heterocycles. The first-order valence-electron chi connectivity index (χ1n) is 12.7. The third-order valence-corrected chi connectivity index (χ3v) is 8.05. The van der Waals surface area contributed by atoms with Crippen molar-refractivity contribution >= 4 is 27.8 Å². The van der Waals surface area contributed by atoms with Gasteiger partial charge in [-0.05, 0) is 92.8 Å². The SMILES string of the molecule is O=C(O)[C@H]1CC[C@H](Cc2c(C3CCOCC3)n(-c3ccc(F)cc3)c3cc4cn[nH]c4cc23)CC1. The Balaban J connectivity index is 1.52. The Morgan fingerprint density at radius 3 is 2.54 bits per heavy atom. The molecule has 0 radical (unpaired) electrons. The fraction of sp³-hybridized carbons (Fsp3) is 0.429. The van der Waals surface area contributed by atoms with E-state index < -0.39 is 5.97 Å². The molecule has 0 unspecified atom stereocenters. The van der Waals surface area contributed by atoms with Crippen molar-refractivity contribution in [2.75, 3.05) is 13.2 Å². The quantitative estimate of drug-likeness (QED) is 0.372. The topological polar surface area (TPSA) is 80.1 Å². The highest BCUT2D eigenvalue weighted by Gasteiger charge is 2.31. The molecule has 0 amide bonds. The fourth-order valence-corrected chi connectivity index (χ4v) is 6.19. The van der Waals surface area contributed by atoms with Gasteiger partial charge in [0.2, 0.25) is 0 Å². The number of halogens is 1. The summed E-state index contributed by atoms with van der Waals surface area (Å²) in [5, 5.41) is 19.1. The molecule has 6 rings (SSSR count). The molecular formula is C28H30FN3O3. The van der Waals surface area contributed by atoms with Crippen molar-refractivity contribution in [3.63, 3.8) is 0 Å². The van der Waals surface area contributed by atoms with Crippen LogP contribution >= 0.6 is 0 Å². The van der Waals surface area contributed by atoms with E-state index >= 15 is 0 Å². The molecule has 1 saturated heterocycles. The van der Waals surface area contributed by atoms with Gasteiger partial charge in [0.1, 0.15) is 5.82 Å². The number of hydrogen-bond donors (Lipinski definition) is 2. The highest BCUT2D eigenvalue weighted by atomic mass is 19.1. The Morgan fingerprint density at radius 2 is 1.83 bits per heavy atom. The first-order chi connectivity index (χ1) is 17.1. The van der Waals surface area contributed by atoms with Crippen LogP contribution in [0.25, 0.3) is 27.5 Å². The molecule has 7 heteroatoms. The lowest BCUT2D eigenvalue weighted by molar-refractivity contribution is -0.143. The van der Waals surface area contributed by atoms with Crippen molar-refractivity contribution in [3.8, 4) is 5.69 Å². The zero-order valence-corrected chi connectivity index (χ0v) is 19.7. The molecule has 182 valence electrons. The molecular weight excluding hydrogens is 445 g/mol. The molecule has 2 aliphatic rings. The summed E-state index contributed by atoms with van der Waals surface area (Å²) in [5.74, 6) is -0.324. The van der Waals surface area contributed by atoms with E-state index in [1.165, 1.54) is 28.8 Å². The summed E-state index contributed by atoms with van der Waals surface area (Å²) in [6, 6.07) is 11.2. The van der Waals surface area contributed by atoms with Crippen LogP contribution < -0.4 is 0 Å². The molecule has 0 bridgehead atoms. The highest BCUT2D eigenvalue weighted by Crippen LogP contribution is 2.42. The van der Waals surface area contributed by atoms with Gasteiger partial charge in [0.25, 0.3) is 0 Å². The third kappa shape index (κ3) is 4.12. The number of ether oxygens (including phenoxy) is 1. The summed E-state index contributed by atoms with van der Waals surface area (Å²) >= 11 is 0. The van der Waals surface area contributed by atoms with E-state index in [0.29, 0.717) is 11.8 Å². The van der Waals surface area contributed by atoms with E-state index in [1.807, 2.05) is 18.3 Å². The number of fused-ring (bicyclic) bond motifs is 2. The van der Waals surface area contributed by atoms with Crippen molar-refractivity contribution in [3.05, 3.63) is 59.7 Å². The van der Waals surface area contributed by atoms with Crippen LogP contribution in [0.1, 0.15) is 55.7 Å². The summed E-state index contributed by atoms with van der Waals surface area (Å²) in [6.45, 7) is 1.48. The number of nitrogens with one attached hydrogen (secondary N) is 1. The summed E-state index contributed by atoms with van der Waals surface area (Å²) in [4.78, 5) is 11.5. The van der Waals surface area contributed by atoms with E-state index in [-0.39, 0.29) is 11.7 Å². The Labute approximate surface area is 203 Å². The molecule has 3 heterocycles. The van der Waals surface area contributed by atoms with Crippen LogP contribution in [0.2, 0.25) is 0 Å². The maximum Gasteiger partial charge on any atom is 0.306 e. The van der Waals surface area contributed by atoms with Crippen LogP contribution in [0.5, 0.6) is 0 Å². The molecule has 6 nitrogen and oxygen atoms in total. The number of rotatable bonds is 5. The zero-order valence-electron chi connectivity index (χ0n) is 19.7. The van der Waals surface area contributed by atoms with Gasteiger partial charge >= 0.3 is 5.97 Å². The van der Waals surface area contributed by atoms with Crippen molar-refractivity contribution in [1.82, 2.24) is 14.8 Å². The maximum atomic E-state index is 13.9. The monoisotopic (exact) mass is 475 g/mol. The van der Waals surface area contributed by atoms with Gasteiger partial charge in [-0.1, -0.05) is 0 Å². The average Bonchev–Trinajstić information content (AvgIpc) is 3.46. The number of carboxylic acids is 1. The van der Waals surface area contributed by atoms with Gasteiger partial charge < -0.3 is 14.4 Å². The normalized spacial score (nSPS) is 21.6. The predicted molar refractivity (Wildman–Crippen MR) is 132 cm³/mol. The minimum Gasteiger partial charge on any atom is -0.481 e. The Bertz CT molecular complexity index is 1360. The second-order valence-electron chi connectivity index (χ2n) is 10.1. The second-order valence-corrected chi connectivity index (χ2v) is 10.1. The van der Waals surface area contributed by atoms with Crippen molar-refractivity contribution in [2.24, 2.45) is 11.8 Å². The lowest BCUT2D eigenvalue weighted by atomic mass is 9.78. The molecule has 0 atom stereocenters. The summed E-state index contributed by atoms with van der Waals surface area (Å²) < 4.78 is 21.9. The van der Waals surface area contributed by atoms with E-state index in [4.69, 9.17) is 4.74 Å². The number of aromatic amines is 1. The van der Waals surface area contributed by atoms with Crippen LogP contribution in [-0.2, 0) is 16.0 Å². The molecule has 4 aromatic rings. The van der Waals surface area contributed by atoms with Crippen LogP contribution in [0.15, 0.2) is 42.6 Å². The zero-order chi connectivity index (χ0) is 23.9. The molecule has 1 aliphatic heterocycles. The van der Waals surface area contributed by atoms with Gasteiger partial charge in [0, 0.05) is 41.3 Å². The minimum atomic E-state index is -0.666. The molecule has 1 saturated carbocycles. The lowest BCUT2D eigenvalue weighted by Crippen LogP contribution is -2.23. The average molecular weight is 476 g/mol. The highest BCUT2D eigenvalue weighted by molar-refractivity contribution is 5.98. The first-order valence-corrected chi connectivity index (χ1v) is 12.7. The van der Waals surface area contributed by atoms with Crippen LogP contribution in [-0.4, -0.2) is 39.1 Å².